The molecule has 2 aromatic heterocycles. The van der Waals surface area contributed by atoms with E-state index in [2.05, 4.69) is 20.4 Å². The van der Waals surface area contributed by atoms with Gasteiger partial charge < -0.3 is 29.4 Å². The van der Waals surface area contributed by atoms with Crippen molar-refractivity contribution in [2.75, 3.05) is 31.3 Å². The number of morpholine rings is 1. The number of pyridine rings is 1. The van der Waals surface area contributed by atoms with Crippen molar-refractivity contribution in [3.63, 3.8) is 0 Å². The number of nitrogens with zero attached hydrogens (tertiary/aromatic N) is 4. The number of hydrogen-bond acceptors (Lipinski definition) is 8. The van der Waals surface area contributed by atoms with Gasteiger partial charge in [-0.3, -0.25) is 4.79 Å². The van der Waals surface area contributed by atoms with Gasteiger partial charge in [0.25, 0.3) is 5.56 Å². The third kappa shape index (κ3) is 3.80. The third-order valence-electron chi connectivity index (χ3n) is 6.98. The Morgan fingerprint density at radius 2 is 1.85 bits per heavy atom. The maximum absolute atomic E-state index is 12.0. The summed E-state index contributed by atoms with van der Waals surface area (Å²) in [5.74, 6) is 1.52. The number of phenols is 1. The second-order valence-electron chi connectivity index (χ2n) is 9.28. The highest BCUT2D eigenvalue weighted by molar-refractivity contribution is 5.75. The lowest BCUT2D eigenvalue weighted by molar-refractivity contribution is 0.0173. The molecule has 0 spiro atoms. The monoisotopic (exact) mass is 461 g/mol. The highest BCUT2D eigenvalue weighted by atomic mass is 16.5. The highest BCUT2D eigenvalue weighted by Gasteiger charge is 2.37. The molecule has 9 nitrogen and oxygen atoms in total. The normalized spacial score (nSPS) is 23.8. The van der Waals surface area contributed by atoms with Crippen LogP contribution in [-0.2, 0) is 11.8 Å². The Labute approximate surface area is 197 Å². The van der Waals surface area contributed by atoms with Crippen molar-refractivity contribution in [1.29, 1.82) is 0 Å². The smallest absolute Gasteiger partial charge is 0.250 e. The second-order valence-corrected chi connectivity index (χ2v) is 9.28. The molecule has 6 rings (SSSR count). The molecule has 3 aliphatic rings. The average Bonchev–Trinajstić information content (AvgIpc) is 2.84. The van der Waals surface area contributed by atoms with E-state index >= 15 is 0 Å². The topological polar surface area (TPSA) is 102 Å². The molecular weight excluding hydrogens is 434 g/mol. The van der Waals surface area contributed by atoms with E-state index in [1.807, 2.05) is 18.2 Å². The van der Waals surface area contributed by atoms with Crippen LogP contribution in [-0.4, -0.2) is 64.4 Å². The first-order chi connectivity index (χ1) is 16.5. The summed E-state index contributed by atoms with van der Waals surface area (Å²) in [4.78, 5) is 14.3. The van der Waals surface area contributed by atoms with E-state index in [1.54, 1.807) is 31.4 Å². The van der Waals surface area contributed by atoms with E-state index in [1.165, 1.54) is 4.57 Å². The lowest BCUT2D eigenvalue weighted by Gasteiger charge is -2.45. The first-order valence-electron chi connectivity index (χ1n) is 11.7. The molecule has 34 heavy (non-hydrogen) atoms. The van der Waals surface area contributed by atoms with Crippen LogP contribution < -0.4 is 20.5 Å². The van der Waals surface area contributed by atoms with Crippen LogP contribution in [0.3, 0.4) is 0 Å². The summed E-state index contributed by atoms with van der Waals surface area (Å²) in [6, 6.07) is 11.7. The molecule has 0 aliphatic carbocycles. The van der Waals surface area contributed by atoms with Gasteiger partial charge in [-0.05, 0) is 42.2 Å². The summed E-state index contributed by atoms with van der Waals surface area (Å²) in [5.41, 5.74) is 2.51. The third-order valence-corrected chi connectivity index (χ3v) is 6.98. The Balaban J connectivity index is 1.28. The standard InChI is InChI=1S/C25H27N5O4/c1-29-5-4-16(9-24(29)32)15-2-3-20(22(31)8-15)21-12-23-25(28-27-21)30(6-7-34-23)19-10-17-13-33-14-18(11-19)26-17/h2-5,8-9,12,17-19,26,31H,6-7,10-11,13-14H2,1H3/t17-,18+,19+. The van der Waals surface area contributed by atoms with E-state index in [-0.39, 0.29) is 11.3 Å². The highest BCUT2D eigenvalue weighted by Crippen LogP contribution is 2.38. The fraction of sp³-hybridized carbons (Fsp3) is 0.400. The van der Waals surface area contributed by atoms with Crippen LogP contribution in [0.25, 0.3) is 22.4 Å². The number of fused-ring (bicyclic) bond motifs is 3. The molecule has 3 atom stereocenters. The van der Waals surface area contributed by atoms with E-state index in [0.29, 0.717) is 41.7 Å². The van der Waals surface area contributed by atoms with Gasteiger partial charge >= 0.3 is 0 Å². The van der Waals surface area contributed by atoms with E-state index in [9.17, 15) is 9.90 Å². The fourth-order valence-electron chi connectivity index (χ4n) is 5.24. The molecule has 2 saturated heterocycles. The zero-order valence-electron chi connectivity index (χ0n) is 19.0. The molecule has 3 aromatic rings. The van der Waals surface area contributed by atoms with Gasteiger partial charge in [0.1, 0.15) is 18.1 Å². The number of aromatic hydroxyl groups is 1. The molecule has 0 unspecified atom stereocenters. The molecule has 2 N–H and O–H groups in total. The molecule has 1 aromatic carbocycles. The molecule has 3 aliphatic heterocycles. The zero-order chi connectivity index (χ0) is 23.2. The number of aromatic nitrogens is 3. The fourth-order valence-corrected chi connectivity index (χ4v) is 5.24. The minimum Gasteiger partial charge on any atom is -0.507 e. The SMILES string of the molecule is Cn1ccc(-c2ccc(-c3cc4c(nn3)N([C@@H]3C[C@H]5COC[C@@H](C3)N5)CCO4)c(O)c2)cc1=O. The Bertz CT molecular complexity index is 1280. The predicted molar refractivity (Wildman–Crippen MR) is 127 cm³/mol. The Morgan fingerprint density at radius 1 is 1.06 bits per heavy atom. The Hall–Kier alpha value is -3.43. The van der Waals surface area contributed by atoms with Gasteiger partial charge in [0, 0.05) is 49.1 Å². The van der Waals surface area contributed by atoms with Crippen LogP contribution in [0.15, 0.2) is 47.4 Å². The van der Waals surface area contributed by atoms with Crippen molar-refractivity contribution < 1.29 is 14.6 Å². The molecule has 0 radical (unpaired) electrons. The maximum Gasteiger partial charge on any atom is 0.250 e. The molecule has 9 heteroatoms. The van der Waals surface area contributed by atoms with Gasteiger partial charge in [-0.25, -0.2) is 0 Å². The molecule has 0 saturated carbocycles. The van der Waals surface area contributed by atoms with E-state index in [0.717, 1.165) is 49.5 Å². The number of hydrogen-bond donors (Lipinski definition) is 2. The Morgan fingerprint density at radius 3 is 2.62 bits per heavy atom. The van der Waals surface area contributed by atoms with Crippen LogP contribution in [0.4, 0.5) is 5.82 Å². The minimum atomic E-state index is -0.103. The van der Waals surface area contributed by atoms with Crippen molar-refractivity contribution in [2.45, 2.75) is 31.0 Å². The largest absolute Gasteiger partial charge is 0.507 e. The number of piperidine rings is 1. The van der Waals surface area contributed by atoms with Crippen molar-refractivity contribution in [1.82, 2.24) is 20.1 Å². The van der Waals surface area contributed by atoms with Gasteiger partial charge in [-0.2, -0.15) is 0 Å². The quantitative estimate of drug-likeness (QED) is 0.610. The maximum atomic E-state index is 12.0. The van der Waals surface area contributed by atoms with Crippen LogP contribution in [0.1, 0.15) is 12.8 Å². The first-order valence-corrected chi connectivity index (χ1v) is 11.7. The van der Waals surface area contributed by atoms with Gasteiger partial charge in [0.05, 0.1) is 19.8 Å². The summed E-state index contributed by atoms with van der Waals surface area (Å²) >= 11 is 0. The van der Waals surface area contributed by atoms with Crippen LogP contribution in [0.5, 0.6) is 11.5 Å². The number of anilines is 1. The molecule has 2 bridgehead atoms. The van der Waals surface area contributed by atoms with Gasteiger partial charge in [-0.15, -0.1) is 10.2 Å². The summed E-state index contributed by atoms with van der Waals surface area (Å²) < 4.78 is 13.2. The first kappa shape index (κ1) is 21.1. The lowest BCUT2D eigenvalue weighted by Crippen LogP contribution is -2.59. The molecule has 2 fully saturated rings. The van der Waals surface area contributed by atoms with Crippen molar-refractivity contribution in [3.05, 3.63) is 52.9 Å². The lowest BCUT2D eigenvalue weighted by atomic mass is 9.91. The molecule has 0 amide bonds. The molecular formula is C25H27N5O4. The molecule has 5 heterocycles. The summed E-state index contributed by atoms with van der Waals surface area (Å²) in [6.45, 7) is 2.87. The predicted octanol–water partition coefficient (Wildman–Crippen LogP) is 1.93. The van der Waals surface area contributed by atoms with Gasteiger partial charge in [-0.1, -0.05) is 6.07 Å². The van der Waals surface area contributed by atoms with Gasteiger partial charge in [0.2, 0.25) is 0 Å². The van der Waals surface area contributed by atoms with Crippen LogP contribution >= 0.6 is 0 Å². The average molecular weight is 462 g/mol. The number of nitrogens with one attached hydrogen (secondary N) is 1. The van der Waals surface area contributed by atoms with Gasteiger partial charge in [0.15, 0.2) is 11.6 Å². The number of ether oxygens (including phenoxy) is 2. The summed E-state index contributed by atoms with van der Waals surface area (Å²) in [6.07, 6.45) is 3.72. The number of benzene rings is 1. The second kappa shape index (κ2) is 8.41. The number of aryl methyl sites for hydroxylation is 1. The molecule has 176 valence electrons. The number of phenolic OH excluding ortho intramolecular Hbond substituents is 1. The van der Waals surface area contributed by atoms with Crippen LogP contribution in [0.2, 0.25) is 0 Å². The van der Waals surface area contributed by atoms with Crippen molar-refractivity contribution >= 4 is 5.82 Å². The van der Waals surface area contributed by atoms with E-state index in [4.69, 9.17) is 9.47 Å². The van der Waals surface area contributed by atoms with Crippen molar-refractivity contribution in [2.24, 2.45) is 7.05 Å². The summed E-state index contributed by atoms with van der Waals surface area (Å²) in [5, 5.41) is 23.4. The minimum absolute atomic E-state index is 0.0753. The van der Waals surface area contributed by atoms with E-state index < -0.39 is 0 Å². The van der Waals surface area contributed by atoms with Crippen LogP contribution in [0, 0.1) is 0 Å². The summed E-state index contributed by atoms with van der Waals surface area (Å²) in [7, 11) is 1.70. The Kier molecular flexibility index (Phi) is 5.23. The zero-order valence-corrected chi connectivity index (χ0v) is 19.0. The number of rotatable bonds is 3. The van der Waals surface area contributed by atoms with Crippen molar-refractivity contribution in [3.8, 4) is 33.9 Å².